The molecule has 6 nitrogen and oxygen atoms in total. The molecule has 3 atom stereocenters. The molecule has 6 aliphatic carbocycles. The van der Waals surface area contributed by atoms with Gasteiger partial charge in [-0.25, -0.2) is 9.78 Å². The summed E-state index contributed by atoms with van der Waals surface area (Å²) in [6.07, 6.45) is 14.0. The number of rotatable bonds is 7. The van der Waals surface area contributed by atoms with Crippen LogP contribution in [0.25, 0.3) is 0 Å². The molecule has 8 rings (SSSR count). The molecule has 1 heterocycles. The van der Waals surface area contributed by atoms with Gasteiger partial charge >= 0.3 is 5.97 Å². The zero-order chi connectivity index (χ0) is 27.2. The summed E-state index contributed by atoms with van der Waals surface area (Å²) < 4.78 is 0. The van der Waals surface area contributed by atoms with E-state index in [0.717, 1.165) is 48.5 Å². The highest BCUT2D eigenvalue weighted by Gasteiger charge is 2.62. The van der Waals surface area contributed by atoms with Gasteiger partial charge in [-0.2, -0.15) is 0 Å². The molecule has 6 bridgehead atoms. The van der Waals surface area contributed by atoms with Gasteiger partial charge in [0.2, 0.25) is 0 Å². The van der Waals surface area contributed by atoms with Crippen LogP contribution in [0.2, 0.25) is 0 Å². The van der Waals surface area contributed by atoms with Crippen molar-refractivity contribution in [2.24, 2.45) is 39.9 Å². The Morgan fingerprint density at radius 3 is 2.33 bits per heavy atom. The average Bonchev–Trinajstić information content (AvgIpc) is 3.46. The maximum Gasteiger partial charge on any atom is 0.335 e. The van der Waals surface area contributed by atoms with Crippen LogP contribution in [0.5, 0.6) is 0 Å². The molecule has 1 aromatic heterocycles. The van der Waals surface area contributed by atoms with Crippen molar-refractivity contribution in [3.05, 3.63) is 47.0 Å². The second-order valence-electron chi connectivity index (χ2n) is 14.9. The molecule has 2 unspecified atom stereocenters. The number of imidazole rings is 1. The monoisotopic (exact) mass is 529 g/mol. The molecule has 2 aromatic rings. The van der Waals surface area contributed by atoms with E-state index in [2.05, 4.69) is 31.1 Å². The van der Waals surface area contributed by atoms with E-state index in [0.29, 0.717) is 28.6 Å². The van der Waals surface area contributed by atoms with Gasteiger partial charge in [0.25, 0.3) is 5.91 Å². The zero-order valence-electron chi connectivity index (χ0n) is 23.7. The van der Waals surface area contributed by atoms with Crippen molar-refractivity contribution < 1.29 is 14.7 Å². The Balaban J connectivity index is 1.18. The molecule has 6 saturated carbocycles. The first-order valence-electron chi connectivity index (χ1n) is 15.3. The smallest absolute Gasteiger partial charge is 0.335 e. The fourth-order valence-corrected chi connectivity index (χ4v) is 10.5. The van der Waals surface area contributed by atoms with E-state index in [1.165, 1.54) is 57.4 Å². The van der Waals surface area contributed by atoms with Crippen molar-refractivity contribution in [2.75, 3.05) is 5.32 Å². The molecule has 6 fully saturated rings. The first-order chi connectivity index (χ1) is 18.6. The maximum absolute atomic E-state index is 13.7. The van der Waals surface area contributed by atoms with Gasteiger partial charge in [-0.1, -0.05) is 26.8 Å². The van der Waals surface area contributed by atoms with Crippen LogP contribution >= 0.6 is 0 Å². The Morgan fingerprint density at radius 1 is 1.05 bits per heavy atom. The number of carbonyl (C=O) groups is 2. The number of anilines is 1. The highest BCUT2D eigenvalue weighted by molar-refractivity contribution is 6.04. The van der Waals surface area contributed by atoms with E-state index in [-0.39, 0.29) is 22.3 Å². The van der Waals surface area contributed by atoms with Crippen LogP contribution in [-0.4, -0.2) is 27.0 Å². The molecule has 3 N–H and O–H groups in total. The van der Waals surface area contributed by atoms with Gasteiger partial charge in [0.05, 0.1) is 5.56 Å². The quantitative estimate of drug-likeness (QED) is 0.347. The van der Waals surface area contributed by atoms with Crippen molar-refractivity contribution in [1.82, 2.24) is 9.97 Å². The number of nitrogens with zero attached hydrogens (tertiary/aromatic N) is 1. The second kappa shape index (κ2) is 8.68. The lowest BCUT2D eigenvalue weighted by atomic mass is 9.48. The van der Waals surface area contributed by atoms with E-state index in [1.54, 1.807) is 18.2 Å². The molecule has 0 radical (unpaired) electrons. The summed E-state index contributed by atoms with van der Waals surface area (Å²) >= 11 is 0. The number of carboxylic acid groups (broad SMARTS) is 1. The average molecular weight is 530 g/mol. The third-order valence-electron chi connectivity index (χ3n) is 12.6. The number of carboxylic acids is 1. The molecule has 1 amide bonds. The topological polar surface area (TPSA) is 95.1 Å². The summed E-state index contributed by atoms with van der Waals surface area (Å²) in [6, 6.07) is 6.47. The number of hydrogen-bond donors (Lipinski definition) is 3. The van der Waals surface area contributed by atoms with Crippen LogP contribution in [0.1, 0.15) is 123 Å². The molecule has 39 heavy (non-hydrogen) atoms. The van der Waals surface area contributed by atoms with Gasteiger partial charge in [-0.05, 0) is 129 Å². The van der Waals surface area contributed by atoms with Crippen molar-refractivity contribution >= 4 is 17.6 Å². The van der Waals surface area contributed by atoms with Crippen molar-refractivity contribution in [1.29, 1.82) is 0 Å². The highest BCUT2D eigenvalue weighted by atomic mass is 16.4. The number of hydrogen-bond acceptors (Lipinski definition) is 3. The molecule has 1 aromatic carbocycles. The van der Waals surface area contributed by atoms with Crippen LogP contribution in [0.3, 0.4) is 0 Å². The number of H-pyrrole nitrogens is 1. The summed E-state index contributed by atoms with van der Waals surface area (Å²) in [7, 11) is 0. The van der Waals surface area contributed by atoms with Crippen LogP contribution < -0.4 is 5.32 Å². The van der Waals surface area contributed by atoms with E-state index < -0.39 is 5.97 Å². The van der Waals surface area contributed by atoms with Gasteiger partial charge in [-0.3, -0.25) is 4.79 Å². The molecule has 6 heteroatoms. The summed E-state index contributed by atoms with van der Waals surface area (Å²) in [4.78, 5) is 34.0. The fraction of sp³-hybridized carbons (Fsp3) is 0.667. The van der Waals surface area contributed by atoms with Gasteiger partial charge in [-0.15, -0.1) is 0 Å². The van der Waals surface area contributed by atoms with Crippen LogP contribution in [0.4, 0.5) is 5.69 Å². The maximum atomic E-state index is 13.7. The van der Waals surface area contributed by atoms with Gasteiger partial charge in [0, 0.05) is 17.3 Å². The predicted molar refractivity (Wildman–Crippen MR) is 151 cm³/mol. The lowest BCUT2D eigenvalue weighted by Crippen LogP contribution is -2.46. The summed E-state index contributed by atoms with van der Waals surface area (Å²) in [6.45, 7) is 7.27. The third kappa shape index (κ3) is 3.99. The number of amides is 1. The lowest BCUT2D eigenvalue weighted by molar-refractivity contribution is -0.0570. The number of aromatic nitrogens is 2. The number of fused-ring (bicyclic) bond motifs is 2. The summed E-state index contributed by atoms with van der Waals surface area (Å²) in [5.74, 6) is 3.50. The molecular weight excluding hydrogens is 486 g/mol. The summed E-state index contributed by atoms with van der Waals surface area (Å²) in [5.41, 5.74) is 3.00. The number of carbonyl (C=O) groups excluding carboxylic acids is 1. The standard InChI is InChI=1S/C33H43N3O3/c1-31(2)23-7-9-32(31,3)25(15-23)28-35-26(8-10-33-16-19-11-20(17-33)13-21(12-19)18-33)27(36-28)29(37)34-24-6-4-5-22(14-24)30(38)39/h4-6,14,19-21,23,25H,7-13,15-18H2,1-3H3,(H,34,37)(H,35,36)(H,38,39)/t19?,20?,21?,23?,25?,32-,33?/m1/s1. The summed E-state index contributed by atoms with van der Waals surface area (Å²) in [5, 5.41) is 12.4. The SMILES string of the molecule is CC1(C)C2CC[C@]1(C)C(c1nc(C(=O)Nc3cccc(C(=O)O)c3)c(CCC34CC5CC(CC(C5)C3)C4)[nH]1)C2. The molecule has 0 spiro atoms. The molecule has 6 aliphatic rings. The molecular formula is C33H43N3O3. The predicted octanol–water partition coefficient (Wildman–Crippen LogP) is 7.44. The van der Waals surface area contributed by atoms with Gasteiger partial charge in [0.1, 0.15) is 11.5 Å². The van der Waals surface area contributed by atoms with Crippen LogP contribution in [-0.2, 0) is 6.42 Å². The molecule has 208 valence electrons. The number of aromatic carboxylic acids is 1. The minimum Gasteiger partial charge on any atom is -0.478 e. The lowest BCUT2D eigenvalue weighted by Gasteiger charge is -2.57. The highest BCUT2D eigenvalue weighted by Crippen LogP contribution is 2.70. The fourth-order valence-electron chi connectivity index (χ4n) is 10.5. The Morgan fingerprint density at radius 2 is 1.74 bits per heavy atom. The van der Waals surface area contributed by atoms with Crippen LogP contribution in [0, 0.1) is 39.9 Å². The number of aryl methyl sites for hydroxylation is 1. The van der Waals surface area contributed by atoms with E-state index in [1.807, 2.05) is 0 Å². The van der Waals surface area contributed by atoms with Crippen LogP contribution in [0.15, 0.2) is 24.3 Å². The first kappa shape index (κ1) is 25.3. The zero-order valence-corrected chi connectivity index (χ0v) is 23.7. The van der Waals surface area contributed by atoms with E-state index in [9.17, 15) is 14.7 Å². The number of nitrogens with one attached hydrogen (secondary N) is 2. The third-order valence-corrected chi connectivity index (χ3v) is 12.6. The van der Waals surface area contributed by atoms with Crippen molar-refractivity contribution in [3.63, 3.8) is 0 Å². The Labute approximate surface area is 231 Å². The minimum atomic E-state index is -1.00. The second-order valence-corrected chi connectivity index (χ2v) is 14.9. The Bertz CT molecular complexity index is 1290. The largest absolute Gasteiger partial charge is 0.478 e. The first-order valence-corrected chi connectivity index (χ1v) is 15.3. The Kier molecular flexibility index (Phi) is 5.64. The van der Waals surface area contributed by atoms with Gasteiger partial charge in [0.15, 0.2) is 0 Å². The van der Waals surface area contributed by atoms with Gasteiger partial charge < -0.3 is 15.4 Å². The number of aromatic amines is 1. The normalized spacial score (nSPS) is 37.4. The van der Waals surface area contributed by atoms with Crippen molar-refractivity contribution in [3.8, 4) is 0 Å². The van der Waals surface area contributed by atoms with E-state index in [4.69, 9.17) is 4.98 Å². The van der Waals surface area contributed by atoms with Crippen molar-refractivity contribution in [2.45, 2.75) is 97.3 Å². The number of benzene rings is 1. The molecule has 0 aliphatic heterocycles. The van der Waals surface area contributed by atoms with E-state index >= 15 is 0 Å². The minimum absolute atomic E-state index is 0.162. The Hall–Kier alpha value is -2.63. The molecule has 0 saturated heterocycles.